The van der Waals surface area contributed by atoms with Crippen molar-refractivity contribution in [1.82, 2.24) is 9.78 Å². The minimum Gasteiger partial charge on any atom is -0.454 e. The Morgan fingerprint density at radius 2 is 2.25 bits per heavy atom. The van der Waals surface area contributed by atoms with Gasteiger partial charge >= 0.3 is 0 Å². The fourth-order valence-corrected chi connectivity index (χ4v) is 1.96. The zero-order valence-corrected chi connectivity index (χ0v) is 11.1. The maximum Gasteiger partial charge on any atom is 0.231 e. The molecule has 0 N–H and O–H groups in total. The summed E-state index contributed by atoms with van der Waals surface area (Å²) >= 11 is 0. The number of carbonyl (C=O) groups is 1. The van der Waals surface area contributed by atoms with E-state index in [0.717, 1.165) is 12.1 Å². The molecule has 0 atom stereocenters. The van der Waals surface area contributed by atoms with Crippen molar-refractivity contribution in [3.8, 4) is 11.5 Å². The van der Waals surface area contributed by atoms with Crippen molar-refractivity contribution in [2.45, 2.75) is 13.5 Å². The molecule has 20 heavy (non-hydrogen) atoms. The summed E-state index contributed by atoms with van der Waals surface area (Å²) in [4.78, 5) is 12.1. The van der Waals surface area contributed by atoms with Crippen LogP contribution in [0.3, 0.4) is 0 Å². The Bertz CT molecular complexity index is 674. The molecule has 5 nitrogen and oxygen atoms in total. The predicted molar refractivity (Wildman–Crippen MR) is 73.8 cm³/mol. The van der Waals surface area contributed by atoms with Crippen LogP contribution in [0, 0.1) is 0 Å². The van der Waals surface area contributed by atoms with Crippen LogP contribution in [0.1, 0.15) is 22.8 Å². The van der Waals surface area contributed by atoms with Crippen molar-refractivity contribution >= 4 is 11.9 Å². The Labute approximate surface area is 116 Å². The number of rotatable bonds is 4. The van der Waals surface area contributed by atoms with Gasteiger partial charge in [0.15, 0.2) is 17.3 Å². The van der Waals surface area contributed by atoms with Gasteiger partial charge in [-0.25, -0.2) is 0 Å². The molecule has 2 aromatic rings. The van der Waals surface area contributed by atoms with Gasteiger partial charge in [0, 0.05) is 23.9 Å². The largest absolute Gasteiger partial charge is 0.454 e. The third-order valence-electron chi connectivity index (χ3n) is 3.06. The minimum atomic E-state index is -0.0763. The number of carbonyl (C=O) groups excluding carboxylic acids is 1. The summed E-state index contributed by atoms with van der Waals surface area (Å²) in [5.74, 6) is 1.21. The monoisotopic (exact) mass is 270 g/mol. The average molecular weight is 270 g/mol. The summed E-state index contributed by atoms with van der Waals surface area (Å²) < 4.78 is 12.3. The highest BCUT2D eigenvalue weighted by molar-refractivity contribution is 6.07. The summed E-state index contributed by atoms with van der Waals surface area (Å²) in [5, 5.41) is 4.15. The van der Waals surface area contributed by atoms with Crippen molar-refractivity contribution < 1.29 is 14.3 Å². The molecule has 0 amide bonds. The molecule has 2 heterocycles. The lowest BCUT2D eigenvalue weighted by Gasteiger charge is -1.98. The zero-order chi connectivity index (χ0) is 13.9. The van der Waals surface area contributed by atoms with E-state index < -0.39 is 0 Å². The number of hydrogen-bond acceptors (Lipinski definition) is 4. The molecule has 0 saturated carbocycles. The number of hydrogen-bond donors (Lipinski definition) is 0. The summed E-state index contributed by atoms with van der Waals surface area (Å²) in [6.45, 7) is 3.03. The fraction of sp³-hybridized carbons (Fsp3) is 0.200. The molecule has 1 aliphatic heterocycles. The highest BCUT2D eigenvalue weighted by Crippen LogP contribution is 2.32. The van der Waals surface area contributed by atoms with Crippen LogP contribution in [-0.4, -0.2) is 22.4 Å². The molecule has 0 fully saturated rings. The number of aromatic nitrogens is 2. The molecule has 1 aliphatic rings. The molecule has 3 rings (SSSR count). The normalized spacial score (nSPS) is 13.1. The smallest absolute Gasteiger partial charge is 0.231 e. The van der Waals surface area contributed by atoms with E-state index in [0.29, 0.717) is 17.1 Å². The van der Waals surface area contributed by atoms with E-state index in [1.165, 1.54) is 6.08 Å². The van der Waals surface area contributed by atoms with E-state index in [1.807, 2.05) is 17.8 Å². The van der Waals surface area contributed by atoms with Crippen LogP contribution >= 0.6 is 0 Å². The number of fused-ring (bicyclic) bond motifs is 1. The summed E-state index contributed by atoms with van der Waals surface area (Å²) in [6, 6.07) is 5.18. The van der Waals surface area contributed by atoms with Crippen LogP contribution in [0.25, 0.3) is 6.08 Å². The Morgan fingerprint density at radius 1 is 1.40 bits per heavy atom. The van der Waals surface area contributed by atoms with Gasteiger partial charge in [-0.1, -0.05) is 0 Å². The highest BCUT2D eigenvalue weighted by Gasteiger charge is 2.14. The first kappa shape index (κ1) is 12.5. The maximum atomic E-state index is 12.1. The van der Waals surface area contributed by atoms with Gasteiger partial charge in [-0.3, -0.25) is 9.48 Å². The molecule has 0 spiro atoms. The van der Waals surface area contributed by atoms with Crippen LogP contribution < -0.4 is 9.47 Å². The van der Waals surface area contributed by atoms with Gasteiger partial charge in [0.05, 0.1) is 6.20 Å². The first-order valence-corrected chi connectivity index (χ1v) is 6.41. The first-order chi connectivity index (χ1) is 9.76. The molecule has 102 valence electrons. The van der Waals surface area contributed by atoms with Crippen LogP contribution in [0.2, 0.25) is 0 Å². The van der Waals surface area contributed by atoms with Gasteiger partial charge < -0.3 is 9.47 Å². The standard InChI is InChI=1S/C15H14N2O3/c1-2-17-9-11(8-16-17)3-5-13(18)12-4-6-14-15(7-12)20-10-19-14/h3-9H,2,10H2,1H3. The Morgan fingerprint density at radius 3 is 3.05 bits per heavy atom. The van der Waals surface area contributed by atoms with Crippen molar-refractivity contribution in [3.05, 3.63) is 47.8 Å². The van der Waals surface area contributed by atoms with E-state index in [-0.39, 0.29) is 12.6 Å². The van der Waals surface area contributed by atoms with E-state index >= 15 is 0 Å². The van der Waals surface area contributed by atoms with Crippen molar-refractivity contribution in [2.24, 2.45) is 0 Å². The number of ether oxygens (including phenoxy) is 2. The lowest BCUT2D eigenvalue weighted by molar-refractivity contribution is 0.104. The maximum absolute atomic E-state index is 12.1. The van der Waals surface area contributed by atoms with Gasteiger partial charge in [-0.15, -0.1) is 0 Å². The molecule has 0 unspecified atom stereocenters. The molecule has 5 heteroatoms. The lowest BCUT2D eigenvalue weighted by Crippen LogP contribution is -1.94. The Kier molecular flexibility index (Phi) is 3.25. The van der Waals surface area contributed by atoms with E-state index in [9.17, 15) is 4.79 Å². The highest BCUT2D eigenvalue weighted by atomic mass is 16.7. The van der Waals surface area contributed by atoms with E-state index in [1.54, 1.807) is 30.5 Å². The quantitative estimate of drug-likeness (QED) is 0.633. The SMILES string of the molecule is CCn1cc(C=CC(=O)c2ccc3c(c2)OCO3)cn1. The Hall–Kier alpha value is -2.56. The number of nitrogens with zero attached hydrogens (tertiary/aromatic N) is 2. The summed E-state index contributed by atoms with van der Waals surface area (Å²) in [7, 11) is 0. The van der Waals surface area contributed by atoms with Gasteiger partial charge in [-0.2, -0.15) is 5.10 Å². The third-order valence-corrected chi connectivity index (χ3v) is 3.06. The lowest BCUT2D eigenvalue weighted by atomic mass is 10.1. The van der Waals surface area contributed by atoms with E-state index in [4.69, 9.17) is 9.47 Å². The topological polar surface area (TPSA) is 53.4 Å². The fourth-order valence-electron chi connectivity index (χ4n) is 1.96. The molecular formula is C15H14N2O3. The second-order valence-corrected chi connectivity index (χ2v) is 4.39. The van der Waals surface area contributed by atoms with Gasteiger partial charge in [0.25, 0.3) is 0 Å². The first-order valence-electron chi connectivity index (χ1n) is 6.41. The van der Waals surface area contributed by atoms with Gasteiger partial charge in [0.2, 0.25) is 6.79 Å². The van der Waals surface area contributed by atoms with Crippen molar-refractivity contribution in [2.75, 3.05) is 6.79 Å². The van der Waals surface area contributed by atoms with Crippen LogP contribution in [0.15, 0.2) is 36.7 Å². The Balaban J connectivity index is 1.75. The summed E-state index contributed by atoms with van der Waals surface area (Å²) in [5.41, 5.74) is 1.48. The predicted octanol–water partition coefficient (Wildman–Crippen LogP) is 2.53. The number of benzene rings is 1. The second-order valence-electron chi connectivity index (χ2n) is 4.39. The van der Waals surface area contributed by atoms with Crippen molar-refractivity contribution in [1.29, 1.82) is 0 Å². The average Bonchev–Trinajstić information content (AvgIpc) is 3.12. The van der Waals surface area contributed by atoms with Crippen molar-refractivity contribution in [3.63, 3.8) is 0 Å². The third kappa shape index (κ3) is 2.42. The molecule has 0 bridgehead atoms. The molecular weight excluding hydrogens is 256 g/mol. The van der Waals surface area contributed by atoms with Gasteiger partial charge in [0.1, 0.15) is 0 Å². The van der Waals surface area contributed by atoms with Crippen LogP contribution in [0.4, 0.5) is 0 Å². The molecule has 0 saturated heterocycles. The minimum absolute atomic E-state index is 0.0763. The number of aryl methyl sites for hydroxylation is 1. The number of ketones is 1. The van der Waals surface area contributed by atoms with Crippen LogP contribution in [0.5, 0.6) is 11.5 Å². The van der Waals surface area contributed by atoms with Crippen LogP contribution in [-0.2, 0) is 6.54 Å². The number of allylic oxidation sites excluding steroid dienone is 1. The molecule has 1 aromatic carbocycles. The van der Waals surface area contributed by atoms with Gasteiger partial charge in [-0.05, 0) is 37.3 Å². The molecule has 1 aromatic heterocycles. The van der Waals surface area contributed by atoms with E-state index in [2.05, 4.69) is 5.10 Å². The molecule has 0 radical (unpaired) electrons. The second kappa shape index (κ2) is 5.21. The zero-order valence-electron chi connectivity index (χ0n) is 11.1. The molecule has 0 aliphatic carbocycles. The summed E-state index contributed by atoms with van der Waals surface area (Å²) in [6.07, 6.45) is 6.91.